The summed E-state index contributed by atoms with van der Waals surface area (Å²) < 4.78 is 48.0. The summed E-state index contributed by atoms with van der Waals surface area (Å²) in [6.07, 6.45) is 24.1. The molecule has 1 saturated carbocycles. The van der Waals surface area contributed by atoms with Crippen molar-refractivity contribution in [2.24, 2.45) is 17.8 Å². The molecule has 378 valence electrons. The molecule has 0 saturated heterocycles. The van der Waals surface area contributed by atoms with Gasteiger partial charge in [0.1, 0.15) is 12.7 Å². The normalized spacial score (nSPS) is 20.4. The molecular formula is C46H88O16P2. The molecule has 7 N–H and O–H groups in total. The number of phosphoric ester groups is 2. The summed E-state index contributed by atoms with van der Waals surface area (Å²) in [5, 5.41) is 41.2. The second-order valence-electron chi connectivity index (χ2n) is 18.2. The first-order valence-electron chi connectivity index (χ1n) is 24.5. The van der Waals surface area contributed by atoms with E-state index in [4.69, 9.17) is 28.3 Å². The summed E-state index contributed by atoms with van der Waals surface area (Å²) >= 11 is 0. The average molecular weight is 959 g/mol. The number of ether oxygens (including phenoxy) is 2. The molecule has 1 aliphatic rings. The first kappa shape index (κ1) is 60.8. The molecule has 1 rings (SSSR count). The maximum Gasteiger partial charge on any atom is 0.472 e. The van der Waals surface area contributed by atoms with E-state index in [1.165, 1.54) is 70.6 Å². The monoisotopic (exact) mass is 959 g/mol. The lowest BCUT2D eigenvalue weighted by Crippen LogP contribution is -2.30. The van der Waals surface area contributed by atoms with Gasteiger partial charge in [0.2, 0.25) is 0 Å². The number of unbranched alkanes of at least 4 members (excludes halogenated alkanes) is 18. The predicted molar refractivity (Wildman–Crippen MR) is 246 cm³/mol. The number of carbonyl (C=O) groups is 2. The summed E-state index contributed by atoms with van der Waals surface area (Å²) in [5.41, 5.74) is 0. The lowest BCUT2D eigenvalue weighted by atomic mass is 9.88. The molecule has 0 aromatic heterocycles. The molecule has 16 nitrogen and oxygen atoms in total. The Morgan fingerprint density at radius 2 is 1.12 bits per heavy atom. The van der Waals surface area contributed by atoms with Crippen LogP contribution in [0.3, 0.4) is 0 Å². The molecule has 0 amide bonds. The van der Waals surface area contributed by atoms with Crippen molar-refractivity contribution in [2.75, 3.05) is 26.4 Å². The molecule has 0 spiro atoms. The fourth-order valence-corrected chi connectivity index (χ4v) is 9.08. The van der Waals surface area contributed by atoms with Gasteiger partial charge in [-0.25, -0.2) is 9.13 Å². The number of phosphoric acid groups is 2. The maximum atomic E-state index is 12.8. The van der Waals surface area contributed by atoms with E-state index < -0.39 is 84.5 Å². The summed E-state index contributed by atoms with van der Waals surface area (Å²) in [4.78, 5) is 53.1. The molecule has 0 aromatic rings. The van der Waals surface area contributed by atoms with Crippen molar-refractivity contribution in [3.05, 3.63) is 12.2 Å². The third kappa shape index (κ3) is 34.1. The van der Waals surface area contributed by atoms with Gasteiger partial charge in [0.25, 0.3) is 0 Å². The molecule has 1 aliphatic carbocycles. The highest BCUT2D eigenvalue weighted by Gasteiger charge is 2.39. The Kier molecular flexibility index (Phi) is 34.9. The van der Waals surface area contributed by atoms with E-state index >= 15 is 0 Å². The molecule has 0 bridgehead atoms. The highest BCUT2D eigenvalue weighted by atomic mass is 31.2. The molecule has 0 aromatic carbocycles. The van der Waals surface area contributed by atoms with Crippen LogP contribution < -0.4 is 0 Å². The summed E-state index contributed by atoms with van der Waals surface area (Å²) in [7, 11) is -9.76. The van der Waals surface area contributed by atoms with Gasteiger partial charge in [-0.05, 0) is 37.5 Å². The van der Waals surface area contributed by atoms with Crippen molar-refractivity contribution in [1.29, 1.82) is 0 Å². The van der Waals surface area contributed by atoms with Crippen molar-refractivity contribution in [1.82, 2.24) is 0 Å². The number of hydrogen-bond donors (Lipinski definition) is 7. The largest absolute Gasteiger partial charge is 0.472 e. The molecule has 0 heterocycles. The van der Waals surface area contributed by atoms with Gasteiger partial charge in [-0.3, -0.25) is 23.2 Å². The number of carbonyl (C=O) groups excluding carboxylic acids is 2. The zero-order chi connectivity index (χ0) is 47.6. The second-order valence-corrected chi connectivity index (χ2v) is 20.9. The van der Waals surface area contributed by atoms with Crippen LogP contribution in [0.2, 0.25) is 0 Å². The van der Waals surface area contributed by atoms with Gasteiger partial charge < -0.3 is 44.6 Å². The fraction of sp³-hybridized carbons (Fsp3) is 0.913. The second kappa shape index (κ2) is 36.7. The minimum atomic E-state index is -4.89. The number of aliphatic hydroxyl groups excluding tert-OH is 4. The Hall–Kier alpha value is -1.26. The van der Waals surface area contributed by atoms with Gasteiger partial charge in [-0.2, -0.15) is 0 Å². The Morgan fingerprint density at radius 1 is 0.625 bits per heavy atom. The van der Waals surface area contributed by atoms with Gasteiger partial charge >= 0.3 is 27.6 Å². The summed E-state index contributed by atoms with van der Waals surface area (Å²) in [6.45, 7) is 3.78. The number of hydrogen-bond acceptors (Lipinski definition) is 13. The van der Waals surface area contributed by atoms with Crippen molar-refractivity contribution < 1.29 is 76.9 Å². The molecule has 1 unspecified atom stereocenters. The number of esters is 2. The van der Waals surface area contributed by atoms with Gasteiger partial charge in [-0.15, -0.1) is 0 Å². The van der Waals surface area contributed by atoms with Crippen LogP contribution in [-0.2, 0) is 41.8 Å². The Balaban J connectivity index is 2.48. The summed E-state index contributed by atoms with van der Waals surface area (Å²) in [5.74, 6) is -0.747. The van der Waals surface area contributed by atoms with E-state index in [0.717, 1.165) is 57.3 Å². The Bertz CT molecular complexity index is 1310. The van der Waals surface area contributed by atoms with Gasteiger partial charge in [0.05, 0.1) is 38.1 Å². The Labute approximate surface area is 384 Å². The minimum absolute atomic E-state index is 0.00816. The summed E-state index contributed by atoms with van der Waals surface area (Å²) in [6, 6.07) is 0. The van der Waals surface area contributed by atoms with Crippen molar-refractivity contribution in [3.8, 4) is 0 Å². The number of aliphatic hydroxyl groups is 4. The third-order valence-corrected chi connectivity index (χ3v) is 13.1. The van der Waals surface area contributed by atoms with Crippen LogP contribution in [-0.4, -0.2) is 104 Å². The van der Waals surface area contributed by atoms with Crippen LogP contribution in [0.15, 0.2) is 12.2 Å². The number of rotatable bonds is 42. The zero-order valence-corrected chi connectivity index (χ0v) is 41.2. The van der Waals surface area contributed by atoms with E-state index in [1.54, 1.807) is 6.08 Å². The van der Waals surface area contributed by atoms with Crippen LogP contribution in [0.5, 0.6) is 0 Å². The fourth-order valence-electron chi connectivity index (χ4n) is 7.92. The van der Waals surface area contributed by atoms with Crippen LogP contribution in [0.1, 0.15) is 194 Å². The lowest BCUT2D eigenvalue weighted by molar-refractivity contribution is -0.161. The molecule has 1 fully saturated rings. The first-order chi connectivity index (χ1) is 30.4. The van der Waals surface area contributed by atoms with Crippen molar-refractivity contribution >= 4 is 27.6 Å². The van der Waals surface area contributed by atoms with Crippen LogP contribution in [0.25, 0.3) is 0 Å². The van der Waals surface area contributed by atoms with E-state index in [0.29, 0.717) is 32.1 Å². The van der Waals surface area contributed by atoms with E-state index in [9.17, 15) is 44.0 Å². The van der Waals surface area contributed by atoms with E-state index in [1.807, 2.05) is 6.08 Å². The molecule has 64 heavy (non-hydrogen) atoms. The van der Waals surface area contributed by atoms with Crippen LogP contribution >= 0.6 is 15.6 Å². The van der Waals surface area contributed by atoms with Crippen LogP contribution in [0.4, 0.5) is 0 Å². The molecule has 0 radical (unpaired) electrons. The van der Waals surface area contributed by atoms with Gasteiger partial charge in [0.15, 0.2) is 6.10 Å². The highest BCUT2D eigenvalue weighted by molar-refractivity contribution is 7.47. The quantitative estimate of drug-likeness (QED) is 0.0130. The van der Waals surface area contributed by atoms with Crippen molar-refractivity contribution in [3.63, 3.8) is 0 Å². The average Bonchev–Trinajstić information content (AvgIpc) is 3.50. The Morgan fingerprint density at radius 3 is 1.69 bits per heavy atom. The maximum absolute atomic E-state index is 12.8. The minimum Gasteiger partial charge on any atom is -0.462 e. The zero-order valence-electron chi connectivity index (χ0n) is 39.4. The highest BCUT2D eigenvalue weighted by Crippen LogP contribution is 2.44. The standard InChI is InChI=1S/C46H88O16P2/c1-4-5-20-26-38(47)30-31-42-41(43(49)32-44(42)50)27-22-18-19-24-29-46(52)62-40(36-61-64(56,57)60-34-39(48)33-59-63(53,54)55)35-58-45(51)28-23-17-15-13-11-9-7-6-8-10-12-14-16-21-25-37(2)3/h30-31,37-44,47-50H,4-29,32-36H2,1-3H3,(H,56,57)(H2,53,54,55)/b31-30+/t38-,39-,40+,41+,42+,43-,44+/m0/s1. The molecule has 18 heteroatoms. The smallest absolute Gasteiger partial charge is 0.462 e. The van der Waals surface area contributed by atoms with Crippen molar-refractivity contribution in [2.45, 2.75) is 225 Å². The SMILES string of the molecule is CCCCC[C@H](O)/C=C/[C@@H]1[C@@H](CCCCCCC(=O)O[C@H](COC(=O)CCCCCCCCCCCCCCCCC(C)C)COP(=O)(O)OC[C@@H](O)COP(=O)(O)O)[C@@H](O)C[C@H]1O. The predicted octanol–water partition coefficient (Wildman–Crippen LogP) is 9.14. The molecule has 8 atom stereocenters. The lowest BCUT2D eigenvalue weighted by Gasteiger charge is -2.21. The van der Waals surface area contributed by atoms with Crippen LogP contribution in [0, 0.1) is 17.8 Å². The van der Waals surface area contributed by atoms with E-state index in [-0.39, 0.29) is 31.1 Å². The van der Waals surface area contributed by atoms with Gasteiger partial charge in [-0.1, -0.05) is 161 Å². The van der Waals surface area contributed by atoms with Gasteiger partial charge in [0, 0.05) is 25.2 Å². The molecular weight excluding hydrogens is 870 g/mol. The first-order valence-corrected chi connectivity index (χ1v) is 27.5. The molecule has 0 aliphatic heterocycles. The topological polar surface area (TPSA) is 256 Å². The third-order valence-electron chi connectivity index (χ3n) is 11.7. The van der Waals surface area contributed by atoms with E-state index in [2.05, 4.69) is 25.3 Å².